The summed E-state index contributed by atoms with van der Waals surface area (Å²) >= 11 is 0. The van der Waals surface area contributed by atoms with Crippen molar-refractivity contribution in [1.82, 2.24) is 10.6 Å². The lowest BCUT2D eigenvalue weighted by atomic mass is 9.90. The van der Waals surface area contributed by atoms with Gasteiger partial charge in [0.1, 0.15) is 57.8 Å². The number of carbonyl (C=O) groups excluding carboxylic acids is 2. The van der Waals surface area contributed by atoms with Crippen molar-refractivity contribution < 1.29 is 157 Å². The zero-order valence-electron chi connectivity index (χ0n) is 64.9. The van der Waals surface area contributed by atoms with Crippen LogP contribution in [0.4, 0.5) is 17.1 Å². The monoisotopic (exact) mass is 1800 g/mol. The van der Waals surface area contributed by atoms with E-state index in [0.717, 1.165) is 0 Å². The number of hydrogen-bond donors (Lipinski definition) is 18. The Morgan fingerprint density at radius 2 is 0.787 bits per heavy atom. The van der Waals surface area contributed by atoms with Gasteiger partial charge in [0.2, 0.25) is 11.8 Å². The SMILES string of the molecule is CCOc1c(NCCOCCOCCOCCNC(=O)CCC(P(=O)(O)O)P(=O)(O)O)c(=O)c1=O.O=C(CCC(P(=O)(O)O)P(=O)(O)O)NCCOCCOCCOCCNc1c(NCc2c(O)ccc3c(-c4ccccc4C(=O)O)c4ccc(=O)cc-4oc23)c(=O)c1=O.[Cl-].[NH3+]Cc1c(O)ccc2c(-c3ccccc3C(=O)O)c3ccc(=O)cc-3oc12. The molecular formula is C76H89ClN6O35P4. The number of ether oxygens (including phenoxy) is 7. The van der Waals surface area contributed by atoms with Gasteiger partial charge in [-0.1, -0.05) is 36.4 Å². The van der Waals surface area contributed by atoms with Crippen LogP contribution in [0.25, 0.3) is 66.8 Å². The van der Waals surface area contributed by atoms with Crippen molar-refractivity contribution in [2.24, 2.45) is 0 Å². The summed E-state index contributed by atoms with van der Waals surface area (Å²) in [6, 6.07) is 27.7. The molecule has 20 N–H and O–H groups in total. The van der Waals surface area contributed by atoms with E-state index < -0.39 is 112 Å². The van der Waals surface area contributed by atoms with Gasteiger partial charge in [0.15, 0.2) is 27.4 Å². The van der Waals surface area contributed by atoms with Crippen LogP contribution in [0.3, 0.4) is 0 Å². The maximum atomic E-state index is 12.5. The van der Waals surface area contributed by atoms with Gasteiger partial charge in [0.25, 0.3) is 21.7 Å². The summed E-state index contributed by atoms with van der Waals surface area (Å²) in [6.45, 7) is 5.16. The molecule has 2 aliphatic carbocycles. The van der Waals surface area contributed by atoms with Crippen molar-refractivity contribution in [3.63, 3.8) is 0 Å². The second-order valence-electron chi connectivity index (χ2n) is 26.3. The highest BCUT2D eigenvalue weighted by Crippen LogP contribution is 2.62. The van der Waals surface area contributed by atoms with Crippen LogP contribution in [0, 0.1) is 0 Å². The molecule has 6 aromatic rings. The van der Waals surface area contributed by atoms with Crippen LogP contribution in [-0.4, -0.2) is 206 Å². The molecule has 0 aromatic heterocycles. The van der Waals surface area contributed by atoms with E-state index >= 15 is 0 Å². The van der Waals surface area contributed by atoms with Crippen molar-refractivity contribution in [2.75, 3.05) is 128 Å². The Kier molecular flexibility index (Phi) is 37.0. The predicted molar refractivity (Wildman–Crippen MR) is 436 cm³/mol. The molecule has 0 bridgehead atoms. The molecule has 0 saturated heterocycles. The first-order valence-electron chi connectivity index (χ1n) is 37.0. The number of hydrogen-bond acceptors (Lipinski definition) is 28. The van der Waals surface area contributed by atoms with Gasteiger partial charge in [-0.25, -0.2) is 9.59 Å². The smallest absolute Gasteiger partial charge is 0.340 e. The van der Waals surface area contributed by atoms with E-state index in [2.05, 4.69) is 32.3 Å². The van der Waals surface area contributed by atoms with Gasteiger partial charge >= 0.3 is 42.3 Å². The number of aromatic hydroxyl groups is 2. The molecule has 660 valence electrons. The number of fused-ring (bicyclic) bond motifs is 4. The fourth-order valence-corrected chi connectivity index (χ4v) is 17.3. The molecule has 4 aliphatic rings. The van der Waals surface area contributed by atoms with E-state index in [1.807, 2.05) is 0 Å². The Morgan fingerprint density at radius 1 is 0.434 bits per heavy atom. The second kappa shape index (κ2) is 45.7. The van der Waals surface area contributed by atoms with E-state index in [0.29, 0.717) is 80.8 Å². The zero-order chi connectivity index (χ0) is 88.5. The van der Waals surface area contributed by atoms with Crippen LogP contribution in [0.15, 0.2) is 147 Å². The first kappa shape index (κ1) is 98.8. The summed E-state index contributed by atoms with van der Waals surface area (Å²) in [5, 5.41) is 50.7. The van der Waals surface area contributed by atoms with Crippen LogP contribution >= 0.6 is 30.4 Å². The average Bonchev–Trinajstić information content (AvgIpc) is 0.744. The third-order valence-electron chi connectivity index (χ3n) is 18.0. The minimum atomic E-state index is -5.10. The molecule has 0 fully saturated rings. The normalized spacial score (nSPS) is 11.8. The zero-order valence-corrected chi connectivity index (χ0v) is 69.3. The van der Waals surface area contributed by atoms with Gasteiger partial charge in [0, 0.05) is 90.7 Å². The van der Waals surface area contributed by atoms with Crippen LogP contribution in [0.5, 0.6) is 17.2 Å². The molecule has 0 radical (unpaired) electrons. The molecular weight excluding hydrogens is 1720 g/mol. The lowest BCUT2D eigenvalue weighted by molar-refractivity contribution is -0.386. The van der Waals surface area contributed by atoms with Crippen LogP contribution in [0.2, 0.25) is 0 Å². The summed E-state index contributed by atoms with van der Waals surface area (Å²) in [5.41, 5.74) is 5.02. The maximum absolute atomic E-state index is 12.5. The van der Waals surface area contributed by atoms with Crippen molar-refractivity contribution in [2.45, 2.75) is 56.5 Å². The maximum Gasteiger partial charge on any atom is 0.340 e. The molecule has 0 saturated carbocycles. The topological polar surface area (TPSA) is 660 Å². The number of rotatable bonds is 46. The molecule has 122 heavy (non-hydrogen) atoms. The lowest BCUT2D eigenvalue weighted by Gasteiger charge is -2.19. The van der Waals surface area contributed by atoms with Crippen LogP contribution in [-0.2, 0) is 69.4 Å². The molecule has 0 atom stereocenters. The van der Waals surface area contributed by atoms with Gasteiger partial charge in [-0.2, -0.15) is 0 Å². The van der Waals surface area contributed by atoms with Crippen molar-refractivity contribution in [1.29, 1.82) is 0 Å². The van der Waals surface area contributed by atoms with Crippen LogP contribution < -0.4 is 82.0 Å². The fraction of sp³-hybridized carbons (Fsp3) is 0.342. The van der Waals surface area contributed by atoms with Crippen molar-refractivity contribution in [3.8, 4) is 62.1 Å². The van der Waals surface area contributed by atoms with Gasteiger partial charge in [0.05, 0.1) is 108 Å². The second-order valence-corrected chi connectivity index (χ2v) is 34.3. The molecule has 2 heterocycles. The number of phenols is 2. The van der Waals surface area contributed by atoms with Gasteiger partial charge in [-0.15, -0.1) is 0 Å². The molecule has 41 nitrogen and oxygen atoms in total. The van der Waals surface area contributed by atoms with E-state index in [1.165, 1.54) is 48.5 Å². The predicted octanol–water partition coefficient (Wildman–Crippen LogP) is 0.652. The number of nitrogens with one attached hydrogen (secondary N) is 5. The Bertz CT molecular complexity index is 5680. The van der Waals surface area contributed by atoms with Gasteiger partial charge < -0.3 is 146 Å². The molecule has 0 spiro atoms. The molecule has 2 amide bonds. The number of quaternary nitrogens is 1. The average molecular weight is 1810 g/mol. The van der Waals surface area contributed by atoms with Crippen molar-refractivity contribution >= 4 is 93.1 Å². The molecule has 6 aromatic carbocycles. The van der Waals surface area contributed by atoms with E-state index in [9.17, 15) is 86.6 Å². The highest BCUT2D eigenvalue weighted by Gasteiger charge is 2.44. The highest BCUT2D eigenvalue weighted by atomic mass is 35.5. The third-order valence-corrected chi connectivity index (χ3v) is 25.8. The number of carboxylic acid groups (broad SMARTS) is 2. The Balaban J connectivity index is 0.000000275. The molecule has 0 unspecified atom stereocenters. The van der Waals surface area contributed by atoms with E-state index in [1.54, 1.807) is 67.6 Å². The highest BCUT2D eigenvalue weighted by molar-refractivity contribution is 7.71. The number of benzene rings is 6. The number of amides is 2. The number of anilines is 3. The Morgan fingerprint density at radius 3 is 1.17 bits per heavy atom. The Hall–Kier alpha value is -10.3. The molecule has 10 rings (SSSR count). The third kappa shape index (κ3) is 26.9. The fourth-order valence-electron chi connectivity index (χ4n) is 12.3. The minimum absolute atomic E-state index is 0. The summed E-state index contributed by atoms with van der Waals surface area (Å²) in [4.78, 5) is 192. The van der Waals surface area contributed by atoms with Crippen LogP contribution in [0.1, 0.15) is 64.4 Å². The first-order valence-corrected chi connectivity index (χ1v) is 43.7. The number of halogens is 1. The number of carboxylic acids is 2. The molecule has 46 heteroatoms. The standard InChI is InChI=1S/C37H41N3O17P2.C21H15NO5.C18H32N2O13P2.ClH/c41-21-5-6-24-28(19-21)57-36-25(31(24)22-3-1-2-4-23(22)37(46)47)7-8-27(42)26(36)20-40-33-32(34(44)35(33)45)39-12-14-55-16-18-56-17-15-54-13-11-38-29(43)9-10-30(58(48,49)50)59(51,52)53;22-10-16-17(24)8-7-15-19(12-3-1-2-4-13(12)21(25)26)14-6-5-11(23)9-18(14)27-20(15)16;1-2-33-18-15(16(22)17(18)23)20-6-8-31-10-12-32-11-9-30-7-5-19-13(21)3-4-14(34(24,25)26)35(27,28)29;/h1-8,19,30,39-40,42H,9-18,20H2,(H,38,43)(H,46,47)(H2,48,49,50)(H2,51,52,53);1-9,24H,10,22H2,(H,25,26);14,20H,2-12H2,1H3,(H,19,21)(H2,24,25,26)(H2,27,28,29);1H. The molecule has 2 aliphatic heterocycles. The van der Waals surface area contributed by atoms with Gasteiger partial charge in [-0.05, 0) is 91.6 Å². The number of phenolic OH excluding ortho intramolecular Hbond substituents is 2. The van der Waals surface area contributed by atoms with E-state index in [-0.39, 0.29) is 191 Å². The summed E-state index contributed by atoms with van der Waals surface area (Å²) in [6.07, 6.45) is -2.31. The number of aromatic carboxylic acids is 2. The Labute approximate surface area is 697 Å². The summed E-state index contributed by atoms with van der Waals surface area (Å²) in [7, 11) is -20.3. The van der Waals surface area contributed by atoms with Gasteiger partial charge in [-0.3, -0.25) is 56.6 Å². The minimum Gasteiger partial charge on any atom is -1.00 e. The number of carbonyl (C=O) groups is 4. The van der Waals surface area contributed by atoms with Crippen molar-refractivity contribution in [3.05, 3.63) is 193 Å². The lowest BCUT2D eigenvalue weighted by Crippen LogP contribution is -3.00. The van der Waals surface area contributed by atoms with E-state index in [4.69, 9.17) is 81.1 Å². The quantitative estimate of drug-likeness (QED) is 0.0108. The summed E-state index contributed by atoms with van der Waals surface area (Å²) in [5.74, 6) is -3.17. The largest absolute Gasteiger partial charge is 1.00 e. The summed E-state index contributed by atoms with van der Waals surface area (Å²) < 4.78 is 94.1. The first-order chi connectivity index (χ1) is 57.4.